The predicted molar refractivity (Wildman–Crippen MR) is 87.6 cm³/mol. The maximum Gasteiger partial charge on any atom is 0.258 e. The van der Waals surface area contributed by atoms with E-state index in [1.807, 2.05) is 19.1 Å². The molecule has 0 unspecified atom stereocenters. The van der Waals surface area contributed by atoms with Gasteiger partial charge in [-0.15, -0.1) is 0 Å². The van der Waals surface area contributed by atoms with Crippen LogP contribution in [0.15, 0.2) is 33.7 Å². The van der Waals surface area contributed by atoms with Crippen molar-refractivity contribution in [1.29, 1.82) is 0 Å². The molecule has 1 atom stereocenters. The molecule has 0 saturated carbocycles. The zero-order valence-corrected chi connectivity index (χ0v) is 13.8. The molecule has 3 aromatic rings. The first-order valence-electron chi connectivity index (χ1n) is 8.14. The molecule has 0 bridgehead atoms. The first-order valence-corrected chi connectivity index (χ1v) is 8.14. The summed E-state index contributed by atoms with van der Waals surface area (Å²) in [5, 5.41) is 4.06. The quantitative estimate of drug-likeness (QED) is 0.733. The molecule has 4 rings (SSSR count). The zero-order chi connectivity index (χ0) is 16.7. The summed E-state index contributed by atoms with van der Waals surface area (Å²) >= 11 is 0. The average molecular weight is 325 g/mol. The molecule has 24 heavy (non-hydrogen) atoms. The smallest absolute Gasteiger partial charge is 0.258 e. The molecule has 1 aliphatic rings. The van der Waals surface area contributed by atoms with Crippen molar-refractivity contribution in [2.24, 2.45) is 0 Å². The van der Waals surface area contributed by atoms with E-state index in [1.54, 1.807) is 23.6 Å². The van der Waals surface area contributed by atoms with Gasteiger partial charge in [-0.3, -0.25) is 14.1 Å². The van der Waals surface area contributed by atoms with Gasteiger partial charge in [0.15, 0.2) is 5.82 Å². The van der Waals surface area contributed by atoms with Gasteiger partial charge >= 0.3 is 0 Å². The van der Waals surface area contributed by atoms with Crippen LogP contribution >= 0.6 is 0 Å². The molecule has 124 valence electrons. The zero-order valence-electron chi connectivity index (χ0n) is 13.8. The van der Waals surface area contributed by atoms with Crippen LogP contribution < -0.4 is 5.56 Å². The van der Waals surface area contributed by atoms with Gasteiger partial charge < -0.3 is 4.52 Å². The molecule has 0 N–H and O–H groups in total. The average Bonchev–Trinajstić information content (AvgIpc) is 3.17. The van der Waals surface area contributed by atoms with Crippen LogP contribution in [0, 0.1) is 13.8 Å². The lowest BCUT2D eigenvalue weighted by Gasteiger charge is -2.21. The Kier molecular flexibility index (Phi) is 3.65. The molecule has 0 spiro atoms. The van der Waals surface area contributed by atoms with Crippen molar-refractivity contribution < 1.29 is 4.52 Å². The number of nitrogens with zero attached hydrogens (tertiary/aromatic N) is 5. The number of pyridine rings is 1. The molecule has 0 radical (unpaired) electrons. The molecule has 3 aromatic heterocycles. The standard InChI is InChI=1S/C17H19N5O2/c1-11-5-3-8-22-15(23)9-13(19-17(11)22)10-21-7-4-6-14(21)16-18-12(2)24-20-16/h3,5,8-9,14H,4,6-7,10H2,1-2H3/t14-/m1/s1. The maximum atomic E-state index is 12.3. The second kappa shape index (κ2) is 5.83. The normalized spacial score (nSPS) is 18.5. The summed E-state index contributed by atoms with van der Waals surface area (Å²) in [6, 6.07) is 5.56. The van der Waals surface area contributed by atoms with Crippen molar-refractivity contribution >= 4 is 5.65 Å². The Morgan fingerprint density at radius 2 is 2.21 bits per heavy atom. The molecular formula is C17H19N5O2. The van der Waals surface area contributed by atoms with Crippen molar-refractivity contribution in [2.75, 3.05) is 6.54 Å². The fourth-order valence-corrected chi connectivity index (χ4v) is 3.36. The van der Waals surface area contributed by atoms with Crippen molar-refractivity contribution in [3.05, 3.63) is 57.7 Å². The Hall–Kier alpha value is -2.54. The first kappa shape index (κ1) is 15.0. The van der Waals surface area contributed by atoms with Crippen LogP contribution in [0.5, 0.6) is 0 Å². The molecule has 1 fully saturated rings. The summed E-state index contributed by atoms with van der Waals surface area (Å²) in [5.41, 5.74) is 2.43. The van der Waals surface area contributed by atoms with Gasteiger partial charge in [-0.25, -0.2) is 4.98 Å². The van der Waals surface area contributed by atoms with E-state index in [2.05, 4.69) is 20.0 Å². The fourth-order valence-electron chi connectivity index (χ4n) is 3.36. The number of hydrogen-bond donors (Lipinski definition) is 0. The molecule has 0 amide bonds. The van der Waals surface area contributed by atoms with Crippen LogP contribution in [-0.4, -0.2) is 31.0 Å². The highest BCUT2D eigenvalue weighted by molar-refractivity contribution is 5.46. The van der Waals surface area contributed by atoms with Crippen LogP contribution in [0.2, 0.25) is 0 Å². The van der Waals surface area contributed by atoms with E-state index >= 15 is 0 Å². The minimum Gasteiger partial charge on any atom is -0.340 e. The van der Waals surface area contributed by atoms with E-state index < -0.39 is 0 Å². The second-order valence-electron chi connectivity index (χ2n) is 6.27. The Labute approximate surface area is 138 Å². The summed E-state index contributed by atoms with van der Waals surface area (Å²) < 4.78 is 6.70. The number of aromatic nitrogens is 4. The van der Waals surface area contributed by atoms with Crippen LogP contribution in [0.1, 0.15) is 41.9 Å². The summed E-state index contributed by atoms with van der Waals surface area (Å²) in [6.07, 6.45) is 3.82. The van der Waals surface area contributed by atoms with Gasteiger partial charge in [-0.05, 0) is 37.9 Å². The molecule has 1 aliphatic heterocycles. The van der Waals surface area contributed by atoms with E-state index in [0.29, 0.717) is 18.1 Å². The Bertz CT molecular complexity index is 946. The lowest BCUT2D eigenvalue weighted by molar-refractivity contribution is 0.231. The summed E-state index contributed by atoms with van der Waals surface area (Å²) in [5.74, 6) is 1.30. The van der Waals surface area contributed by atoms with Crippen molar-refractivity contribution in [2.45, 2.75) is 39.3 Å². The maximum absolute atomic E-state index is 12.3. The third-order valence-corrected chi connectivity index (χ3v) is 4.51. The number of fused-ring (bicyclic) bond motifs is 1. The lowest BCUT2D eigenvalue weighted by atomic mass is 10.2. The Morgan fingerprint density at radius 3 is 3.00 bits per heavy atom. The van der Waals surface area contributed by atoms with Crippen LogP contribution in [-0.2, 0) is 6.54 Å². The fraction of sp³-hybridized carbons (Fsp3) is 0.412. The first-order chi connectivity index (χ1) is 11.6. The monoisotopic (exact) mass is 325 g/mol. The number of aryl methyl sites for hydroxylation is 2. The van der Waals surface area contributed by atoms with Crippen molar-refractivity contribution in [3.8, 4) is 0 Å². The summed E-state index contributed by atoms with van der Waals surface area (Å²) in [7, 11) is 0. The minimum absolute atomic E-state index is 0.0511. The molecule has 4 heterocycles. The van der Waals surface area contributed by atoms with E-state index in [-0.39, 0.29) is 11.6 Å². The second-order valence-corrected chi connectivity index (χ2v) is 6.27. The minimum atomic E-state index is -0.0511. The highest BCUT2D eigenvalue weighted by atomic mass is 16.5. The molecule has 7 nitrogen and oxygen atoms in total. The third kappa shape index (κ3) is 2.60. The Morgan fingerprint density at radius 1 is 1.33 bits per heavy atom. The predicted octanol–water partition coefficient (Wildman–Crippen LogP) is 2.03. The summed E-state index contributed by atoms with van der Waals surface area (Å²) in [6.45, 7) is 5.31. The lowest BCUT2D eigenvalue weighted by Crippen LogP contribution is -2.26. The summed E-state index contributed by atoms with van der Waals surface area (Å²) in [4.78, 5) is 23.7. The number of rotatable bonds is 3. The molecule has 7 heteroatoms. The number of hydrogen-bond acceptors (Lipinski definition) is 6. The molecule has 0 aliphatic carbocycles. The van der Waals surface area contributed by atoms with Crippen LogP contribution in [0.4, 0.5) is 0 Å². The highest BCUT2D eigenvalue weighted by Crippen LogP contribution is 2.31. The Balaban J connectivity index is 1.66. The van der Waals surface area contributed by atoms with Crippen LogP contribution in [0.25, 0.3) is 5.65 Å². The van der Waals surface area contributed by atoms with E-state index in [4.69, 9.17) is 4.52 Å². The van der Waals surface area contributed by atoms with Gasteiger partial charge in [-0.2, -0.15) is 4.98 Å². The van der Waals surface area contributed by atoms with Gasteiger partial charge in [0.2, 0.25) is 5.89 Å². The molecule has 1 saturated heterocycles. The van der Waals surface area contributed by atoms with Crippen LogP contribution in [0.3, 0.4) is 0 Å². The van der Waals surface area contributed by atoms with Gasteiger partial charge in [-0.1, -0.05) is 11.2 Å². The van der Waals surface area contributed by atoms with Gasteiger partial charge in [0.1, 0.15) is 5.65 Å². The van der Waals surface area contributed by atoms with Gasteiger partial charge in [0, 0.05) is 25.7 Å². The topological polar surface area (TPSA) is 76.5 Å². The van der Waals surface area contributed by atoms with Gasteiger partial charge in [0.05, 0.1) is 11.7 Å². The van der Waals surface area contributed by atoms with E-state index in [1.165, 1.54) is 0 Å². The highest BCUT2D eigenvalue weighted by Gasteiger charge is 2.30. The van der Waals surface area contributed by atoms with Crippen molar-refractivity contribution in [3.63, 3.8) is 0 Å². The van der Waals surface area contributed by atoms with Crippen molar-refractivity contribution in [1.82, 2.24) is 24.4 Å². The largest absolute Gasteiger partial charge is 0.340 e. The SMILES string of the molecule is Cc1nc([C@H]2CCCN2Cc2cc(=O)n3cccc(C)c3n2)no1. The van der Waals surface area contributed by atoms with E-state index in [9.17, 15) is 4.79 Å². The number of likely N-dealkylation sites (tertiary alicyclic amines) is 1. The van der Waals surface area contributed by atoms with Gasteiger partial charge in [0.25, 0.3) is 5.56 Å². The molecule has 0 aromatic carbocycles. The third-order valence-electron chi connectivity index (χ3n) is 4.51. The molecular weight excluding hydrogens is 306 g/mol. The van der Waals surface area contributed by atoms with E-state index in [0.717, 1.165) is 36.5 Å².